The number of morpholine rings is 1. The highest BCUT2D eigenvalue weighted by atomic mass is 35.5. The fraction of sp³-hybridized carbons (Fsp3) is 0.455. The highest BCUT2D eigenvalue weighted by Gasteiger charge is 2.15. The van der Waals surface area contributed by atoms with Crippen molar-refractivity contribution in [3.05, 3.63) is 58.1 Å². The normalized spacial score (nSPS) is 17.3. The molecule has 0 atom stereocenters. The summed E-state index contributed by atoms with van der Waals surface area (Å²) >= 11 is 6.37. The van der Waals surface area contributed by atoms with Gasteiger partial charge in [0.15, 0.2) is 11.5 Å². The van der Waals surface area contributed by atoms with E-state index < -0.39 is 0 Å². The van der Waals surface area contributed by atoms with Gasteiger partial charge in [0, 0.05) is 39.1 Å². The molecular formula is C22H27ClN2O3. The number of nitrogens with one attached hydrogen (secondary N) is 1. The van der Waals surface area contributed by atoms with E-state index in [-0.39, 0.29) is 0 Å². The Morgan fingerprint density at radius 1 is 0.857 bits per heavy atom. The molecule has 6 heteroatoms. The second kappa shape index (κ2) is 9.61. The summed E-state index contributed by atoms with van der Waals surface area (Å²) in [5.41, 5.74) is 3.71. The summed E-state index contributed by atoms with van der Waals surface area (Å²) in [5, 5.41) is 4.10. The zero-order valence-corrected chi connectivity index (χ0v) is 16.8. The van der Waals surface area contributed by atoms with Gasteiger partial charge in [0.1, 0.15) is 0 Å². The molecule has 0 radical (unpaired) electrons. The molecule has 1 fully saturated rings. The second-order valence-electron chi connectivity index (χ2n) is 7.26. The molecule has 4 rings (SSSR count). The SMILES string of the molecule is Clc1cc(CNCc2ccc(CN3CCOCC3)cc2)cc2c1OCCCO2. The largest absolute Gasteiger partial charge is 0.489 e. The van der Waals surface area contributed by atoms with Gasteiger partial charge in [0.05, 0.1) is 31.5 Å². The first kappa shape index (κ1) is 19.5. The lowest BCUT2D eigenvalue weighted by Crippen LogP contribution is -2.35. The van der Waals surface area contributed by atoms with Crippen molar-refractivity contribution in [3.63, 3.8) is 0 Å². The molecule has 0 amide bonds. The van der Waals surface area contributed by atoms with Crippen LogP contribution in [0.25, 0.3) is 0 Å². The predicted octanol–water partition coefficient (Wildman–Crippen LogP) is 3.62. The highest BCUT2D eigenvalue weighted by molar-refractivity contribution is 6.32. The van der Waals surface area contributed by atoms with E-state index in [4.69, 9.17) is 25.8 Å². The topological polar surface area (TPSA) is 43.0 Å². The molecule has 2 heterocycles. The van der Waals surface area contributed by atoms with E-state index in [1.165, 1.54) is 11.1 Å². The van der Waals surface area contributed by atoms with E-state index in [1.54, 1.807) is 0 Å². The second-order valence-corrected chi connectivity index (χ2v) is 7.67. The highest BCUT2D eigenvalue weighted by Crippen LogP contribution is 2.37. The van der Waals surface area contributed by atoms with Crippen molar-refractivity contribution in [1.29, 1.82) is 0 Å². The van der Waals surface area contributed by atoms with Gasteiger partial charge in [0.2, 0.25) is 0 Å². The minimum atomic E-state index is 0.615. The van der Waals surface area contributed by atoms with Crippen LogP contribution in [0, 0.1) is 0 Å². The van der Waals surface area contributed by atoms with Gasteiger partial charge in [0.25, 0.3) is 0 Å². The number of hydrogen-bond donors (Lipinski definition) is 1. The van der Waals surface area contributed by atoms with Crippen molar-refractivity contribution in [2.75, 3.05) is 39.5 Å². The monoisotopic (exact) mass is 402 g/mol. The van der Waals surface area contributed by atoms with Crippen LogP contribution in [-0.2, 0) is 24.4 Å². The number of halogens is 1. The van der Waals surface area contributed by atoms with Gasteiger partial charge in [-0.1, -0.05) is 35.9 Å². The molecule has 0 saturated carbocycles. The van der Waals surface area contributed by atoms with Gasteiger partial charge in [-0.2, -0.15) is 0 Å². The molecule has 0 unspecified atom stereocenters. The first-order chi connectivity index (χ1) is 13.8. The van der Waals surface area contributed by atoms with Crippen LogP contribution >= 0.6 is 11.6 Å². The maximum Gasteiger partial charge on any atom is 0.179 e. The van der Waals surface area contributed by atoms with Crippen molar-refractivity contribution in [3.8, 4) is 11.5 Å². The van der Waals surface area contributed by atoms with Crippen molar-refractivity contribution in [2.45, 2.75) is 26.1 Å². The Bertz CT molecular complexity index is 776. The fourth-order valence-corrected chi connectivity index (χ4v) is 3.81. The van der Waals surface area contributed by atoms with Gasteiger partial charge in [-0.25, -0.2) is 0 Å². The molecule has 28 heavy (non-hydrogen) atoms. The van der Waals surface area contributed by atoms with Crippen molar-refractivity contribution >= 4 is 11.6 Å². The standard InChI is InChI=1S/C22H27ClN2O3/c23-20-12-19(13-21-22(20)28-9-1-8-27-21)15-24-14-17-2-4-18(5-3-17)16-25-6-10-26-11-7-25/h2-5,12-13,24H,1,6-11,14-16H2. The quantitative estimate of drug-likeness (QED) is 0.799. The average Bonchev–Trinajstić information content (AvgIpc) is 2.96. The number of rotatable bonds is 6. The minimum absolute atomic E-state index is 0.615. The molecule has 0 spiro atoms. The molecule has 2 aliphatic heterocycles. The van der Waals surface area contributed by atoms with E-state index in [0.29, 0.717) is 24.0 Å². The molecule has 0 aromatic heterocycles. The molecule has 2 aromatic rings. The summed E-state index contributed by atoms with van der Waals surface area (Å²) in [5.74, 6) is 1.41. The maximum atomic E-state index is 6.37. The third-order valence-electron chi connectivity index (χ3n) is 5.05. The van der Waals surface area contributed by atoms with Gasteiger partial charge in [-0.05, 0) is 28.8 Å². The predicted molar refractivity (Wildman–Crippen MR) is 110 cm³/mol. The number of hydrogen-bond acceptors (Lipinski definition) is 5. The molecular weight excluding hydrogens is 376 g/mol. The van der Waals surface area contributed by atoms with Crippen LogP contribution in [0.1, 0.15) is 23.1 Å². The molecule has 0 aliphatic carbocycles. The molecule has 2 aliphatic rings. The number of ether oxygens (including phenoxy) is 3. The van der Waals surface area contributed by atoms with Crippen LogP contribution in [0.15, 0.2) is 36.4 Å². The van der Waals surface area contributed by atoms with E-state index in [9.17, 15) is 0 Å². The fourth-order valence-electron chi connectivity index (χ4n) is 3.52. The van der Waals surface area contributed by atoms with E-state index in [0.717, 1.165) is 63.7 Å². The van der Waals surface area contributed by atoms with Crippen molar-refractivity contribution < 1.29 is 14.2 Å². The lowest BCUT2D eigenvalue weighted by atomic mass is 10.1. The maximum absolute atomic E-state index is 6.37. The Morgan fingerprint density at radius 2 is 1.57 bits per heavy atom. The number of nitrogens with zero attached hydrogens (tertiary/aromatic N) is 1. The Labute approximate surface area is 171 Å². The Hall–Kier alpha value is -1.79. The van der Waals surface area contributed by atoms with Crippen LogP contribution < -0.4 is 14.8 Å². The number of benzene rings is 2. The molecule has 2 aromatic carbocycles. The summed E-state index contributed by atoms with van der Waals surface area (Å²) in [6.45, 7) is 7.55. The first-order valence-corrected chi connectivity index (χ1v) is 10.3. The van der Waals surface area contributed by atoms with Crippen LogP contribution in [0.2, 0.25) is 5.02 Å². The number of fused-ring (bicyclic) bond motifs is 1. The van der Waals surface area contributed by atoms with Crippen LogP contribution in [0.5, 0.6) is 11.5 Å². The molecule has 1 saturated heterocycles. The molecule has 5 nitrogen and oxygen atoms in total. The third kappa shape index (κ3) is 5.17. The van der Waals surface area contributed by atoms with Crippen LogP contribution in [0.3, 0.4) is 0 Å². The summed E-state index contributed by atoms with van der Waals surface area (Å²) in [4.78, 5) is 2.44. The lowest BCUT2D eigenvalue weighted by Gasteiger charge is -2.26. The van der Waals surface area contributed by atoms with Crippen molar-refractivity contribution in [2.24, 2.45) is 0 Å². The summed E-state index contributed by atoms with van der Waals surface area (Å²) in [6, 6.07) is 12.8. The van der Waals surface area contributed by atoms with Gasteiger partial charge < -0.3 is 19.5 Å². The molecule has 0 bridgehead atoms. The smallest absolute Gasteiger partial charge is 0.179 e. The zero-order valence-electron chi connectivity index (χ0n) is 16.1. The van der Waals surface area contributed by atoms with E-state index >= 15 is 0 Å². The van der Waals surface area contributed by atoms with Crippen LogP contribution in [0.4, 0.5) is 0 Å². The molecule has 150 valence electrons. The zero-order chi connectivity index (χ0) is 19.2. The van der Waals surface area contributed by atoms with E-state index in [2.05, 4.69) is 34.5 Å². The van der Waals surface area contributed by atoms with Gasteiger partial charge in [-0.3, -0.25) is 4.90 Å². The van der Waals surface area contributed by atoms with E-state index in [1.807, 2.05) is 12.1 Å². The van der Waals surface area contributed by atoms with Crippen LogP contribution in [-0.4, -0.2) is 44.4 Å². The summed E-state index contributed by atoms with van der Waals surface area (Å²) < 4.78 is 16.9. The Kier molecular flexibility index (Phi) is 6.70. The Balaban J connectivity index is 1.29. The van der Waals surface area contributed by atoms with Gasteiger partial charge in [-0.15, -0.1) is 0 Å². The average molecular weight is 403 g/mol. The van der Waals surface area contributed by atoms with Crippen molar-refractivity contribution in [1.82, 2.24) is 10.2 Å². The minimum Gasteiger partial charge on any atom is -0.489 e. The Morgan fingerprint density at radius 3 is 2.39 bits per heavy atom. The van der Waals surface area contributed by atoms with Gasteiger partial charge >= 0.3 is 0 Å². The third-order valence-corrected chi connectivity index (χ3v) is 5.33. The lowest BCUT2D eigenvalue weighted by molar-refractivity contribution is 0.0342. The summed E-state index contributed by atoms with van der Waals surface area (Å²) in [6.07, 6.45) is 0.875. The molecule has 1 N–H and O–H groups in total. The first-order valence-electron chi connectivity index (χ1n) is 9.94. The summed E-state index contributed by atoms with van der Waals surface area (Å²) in [7, 11) is 0.